The maximum Gasteiger partial charge on any atom is 0.265 e. The fourth-order valence-electron chi connectivity index (χ4n) is 3.70. The Labute approximate surface area is 186 Å². The number of carbonyl (C=O) groups excluding carboxylic acids is 1. The summed E-state index contributed by atoms with van der Waals surface area (Å²) < 4.78 is 3.32. The number of aromatic nitrogens is 4. The van der Waals surface area contributed by atoms with Crippen LogP contribution in [0.5, 0.6) is 0 Å². The maximum atomic E-state index is 13.2. The van der Waals surface area contributed by atoms with Crippen LogP contribution in [0.25, 0.3) is 16.7 Å². The third kappa shape index (κ3) is 3.64. The van der Waals surface area contributed by atoms with Gasteiger partial charge in [0, 0.05) is 17.1 Å². The first kappa shape index (κ1) is 19.9. The number of rotatable bonds is 5. The molecular weight excluding hydrogens is 430 g/mol. The summed E-state index contributed by atoms with van der Waals surface area (Å²) in [6.45, 7) is 0. The highest BCUT2D eigenvalue weighted by atomic mass is 32.2. The van der Waals surface area contributed by atoms with Gasteiger partial charge in [0.2, 0.25) is 5.91 Å². The van der Waals surface area contributed by atoms with Crippen molar-refractivity contribution in [3.8, 4) is 5.69 Å². The molecule has 4 aromatic rings. The zero-order valence-corrected chi connectivity index (χ0v) is 18.3. The van der Waals surface area contributed by atoms with Gasteiger partial charge in [-0.1, -0.05) is 42.1 Å². The zero-order chi connectivity index (χ0) is 21.4. The van der Waals surface area contributed by atoms with E-state index >= 15 is 0 Å². The monoisotopic (exact) mass is 449 g/mol. The summed E-state index contributed by atoms with van der Waals surface area (Å²) in [5.41, 5.74) is 2.01. The largest absolute Gasteiger partial charge is 0.325 e. The van der Waals surface area contributed by atoms with Crippen LogP contribution < -0.4 is 10.9 Å². The summed E-state index contributed by atoms with van der Waals surface area (Å²) in [4.78, 5) is 31.7. The number of thioether (sulfide) groups is 2. The quantitative estimate of drug-likeness (QED) is 0.367. The van der Waals surface area contributed by atoms with E-state index in [9.17, 15) is 9.59 Å². The number of nitrogens with one attached hydrogen (secondary N) is 1. The molecule has 156 valence electrons. The third-order valence-corrected chi connectivity index (χ3v) is 7.07. The molecule has 1 aliphatic rings. The van der Waals surface area contributed by atoms with Gasteiger partial charge in [0.1, 0.15) is 5.39 Å². The number of para-hydroxylation sites is 2. The number of benzene rings is 2. The molecule has 2 aromatic carbocycles. The van der Waals surface area contributed by atoms with E-state index in [1.165, 1.54) is 11.8 Å². The lowest BCUT2D eigenvalue weighted by atomic mass is 10.2. The van der Waals surface area contributed by atoms with Crippen LogP contribution >= 0.6 is 23.5 Å². The summed E-state index contributed by atoms with van der Waals surface area (Å²) in [6.07, 6.45) is 3.74. The molecule has 5 rings (SSSR count). The summed E-state index contributed by atoms with van der Waals surface area (Å²) in [5.74, 6) is 0.512. The van der Waals surface area contributed by atoms with Crippen LogP contribution in [0.15, 0.2) is 75.6 Å². The van der Waals surface area contributed by atoms with Crippen LogP contribution in [-0.4, -0.2) is 37.2 Å². The molecule has 0 spiro atoms. The van der Waals surface area contributed by atoms with Crippen molar-refractivity contribution in [1.29, 1.82) is 0 Å². The van der Waals surface area contributed by atoms with E-state index in [1.54, 1.807) is 27.2 Å². The van der Waals surface area contributed by atoms with Gasteiger partial charge >= 0.3 is 0 Å². The van der Waals surface area contributed by atoms with Crippen LogP contribution in [0.2, 0.25) is 0 Å². The van der Waals surface area contributed by atoms with Crippen LogP contribution in [0.1, 0.15) is 12.5 Å². The molecule has 0 radical (unpaired) electrons. The van der Waals surface area contributed by atoms with Crippen LogP contribution in [0.3, 0.4) is 0 Å². The van der Waals surface area contributed by atoms with Gasteiger partial charge in [0.05, 0.1) is 23.6 Å². The van der Waals surface area contributed by atoms with E-state index in [1.807, 2.05) is 60.9 Å². The smallest absolute Gasteiger partial charge is 0.265 e. The van der Waals surface area contributed by atoms with Gasteiger partial charge in [0.25, 0.3) is 5.56 Å². The lowest BCUT2D eigenvalue weighted by Crippen LogP contribution is -2.27. The van der Waals surface area contributed by atoms with Gasteiger partial charge < -0.3 is 5.32 Å². The van der Waals surface area contributed by atoms with Gasteiger partial charge in [-0.25, -0.2) is 9.67 Å². The molecule has 1 N–H and O–H groups in total. The first-order valence-electron chi connectivity index (χ1n) is 9.77. The van der Waals surface area contributed by atoms with Gasteiger partial charge in [0.15, 0.2) is 10.8 Å². The standard InChI is InChI=1S/C22H19N5O2S2/c1-30-18-10-6-5-9-17(18)24-19(28)11-15-13-31-22-25-20-16(21(29)26(15)22)12-23-27(20)14-7-3-2-4-8-14/h2-10,12,15H,11,13H2,1H3,(H,24,28). The van der Waals surface area contributed by atoms with E-state index in [2.05, 4.69) is 10.4 Å². The van der Waals surface area contributed by atoms with Crippen LogP contribution in [-0.2, 0) is 4.79 Å². The lowest BCUT2D eigenvalue weighted by molar-refractivity contribution is -0.116. The SMILES string of the molecule is CSc1ccccc1NC(=O)CC1CSc2nc3c(cnn3-c3ccccc3)c(=O)n21. The number of fused-ring (bicyclic) bond motifs is 2. The van der Waals surface area contributed by atoms with Crippen molar-refractivity contribution in [3.05, 3.63) is 71.1 Å². The number of carbonyl (C=O) groups is 1. The fraction of sp³-hybridized carbons (Fsp3) is 0.182. The van der Waals surface area contributed by atoms with Crippen molar-refractivity contribution in [3.63, 3.8) is 0 Å². The van der Waals surface area contributed by atoms with Gasteiger partial charge in [-0.2, -0.15) is 5.10 Å². The Bertz CT molecular complexity index is 1330. The van der Waals surface area contributed by atoms with E-state index < -0.39 is 0 Å². The minimum Gasteiger partial charge on any atom is -0.325 e. The average molecular weight is 450 g/mol. The second-order valence-electron chi connectivity index (χ2n) is 7.12. The minimum atomic E-state index is -0.245. The van der Waals surface area contributed by atoms with Crippen LogP contribution in [0, 0.1) is 0 Å². The zero-order valence-electron chi connectivity index (χ0n) is 16.7. The molecule has 0 bridgehead atoms. The van der Waals surface area contributed by atoms with Crippen molar-refractivity contribution in [2.75, 3.05) is 17.3 Å². The van der Waals surface area contributed by atoms with Crippen LogP contribution in [0.4, 0.5) is 5.69 Å². The molecule has 1 aliphatic heterocycles. The first-order chi connectivity index (χ1) is 15.2. The van der Waals surface area contributed by atoms with Crippen molar-refractivity contribution in [2.45, 2.75) is 22.5 Å². The van der Waals surface area contributed by atoms with E-state index in [4.69, 9.17) is 4.98 Å². The second-order valence-corrected chi connectivity index (χ2v) is 8.95. The van der Waals surface area contributed by atoms with Crippen molar-refractivity contribution in [1.82, 2.24) is 19.3 Å². The van der Waals surface area contributed by atoms with Gasteiger partial charge in [-0.05, 0) is 30.5 Å². The average Bonchev–Trinajstić information content (AvgIpc) is 3.40. The molecule has 31 heavy (non-hydrogen) atoms. The molecule has 0 saturated carbocycles. The molecule has 1 amide bonds. The predicted molar refractivity (Wildman–Crippen MR) is 124 cm³/mol. The van der Waals surface area contributed by atoms with E-state index in [-0.39, 0.29) is 23.9 Å². The summed E-state index contributed by atoms with van der Waals surface area (Å²) in [7, 11) is 0. The number of nitrogens with zero attached hydrogens (tertiary/aromatic N) is 4. The Morgan fingerprint density at radius 2 is 1.97 bits per heavy atom. The number of hydrogen-bond donors (Lipinski definition) is 1. The lowest BCUT2D eigenvalue weighted by Gasteiger charge is -2.14. The summed E-state index contributed by atoms with van der Waals surface area (Å²) in [6, 6.07) is 17.1. The van der Waals surface area contributed by atoms with Gasteiger partial charge in [-0.3, -0.25) is 14.2 Å². The van der Waals surface area contributed by atoms with Crippen molar-refractivity contribution >= 4 is 46.2 Å². The highest BCUT2D eigenvalue weighted by Gasteiger charge is 2.29. The Balaban J connectivity index is 1.44. The van der Waals surface area contributed by atoms with Crippen molar-refractivity contribution in [2.24, 2.45) is 0 Å². The molecule has 0 fully saturated rings. The first-order valence-corrected chi connectivity index (χ1v) is 12.0. The molecule has 7 nitrogen and oxygen atoms in total. The summed E-state index contributed by atoms with van der Waals surface area (Å²) >= 11 is 3.07. The number of amides is 1. The molecule has 1 unspecified atom stereocenters. The third-order valence-electron chi connectivity index (χ3n) is 5.17. The Kier molecular flexibility index (Phi) is 5.29. The minimum absolute atomic E-state index is 0.119. The Morgan fingerprint density at radius 1 is 1.19 bits per heavy atom. The Hall–Kier alpha value is -3.04. The normalized spacial score (nSPS) is 15.2. The molecule has 2 aromatic heterocycles. The molecule has 0 saturated heterocycles. The maximum absolute atomic E-state index is 13.2. The number of hydrogen-bond acceptors (Lipinski definition) is 6. The molecule has 9 heteroatoms. The predicted octanol–water partition coefficient (Wildman–Crippen LogP) is 3.98. The Morgan fingerprint density at radius 3 is 2.77 bits per heavy atom. The van der Waals surface area contributed by atoms with Crippen molar-refractivity contribution < 1.29 is 4.79 Å². The topological polar surface area (TPSA) is 81.8 Å². The molecule has 3 heterocycles. The summed E-state index contributed by atoms with van der Waals surface area (Å²) in [5, 5.41) is 8.43. The highest BCUT2D eigenvalue weighted by Crippen LogP contribution is 2.34. The fourth-order valence-corrected chi connectivity index (χ4v) is 5.39. The second kappa shape index (κ2) is 8.24. The van der Waals surface area contributed by atoms with E-state index in [0.717, 1.165) is 16.3 Å². The molecule has 1 atom stereocenters. The van der Waals surface area contributed by atoms with Gasteiger partial charge in [-0.15, -0.1) is 11.8 Å². The highest BCUT2D eigenvalue weighted by molar-refractivity contribution is 7.99. The molecular formula is C22H19N5O2S2. The number of anilines is 1. The molecule has 0 aliphatic carbocycles. The van der Waals surface area contributed by atoms with E-state index in [0.29, 0.717) is 21.9 Å².